The van der Waals surface area contributed by atoms with E-state index in [0.29, 0.717) is 22.1 Å². The molecule has 0 unspecified atom stereocenters. The molecule has 142 valence electrons. The summed E-state index contributed by atoms with van der Waals surface area (Å²) in [6, 6.07) is 9.08. The van der Waals surface area contributed by atoms with Gasteiger partial charge in [0.1, 0.15) is 11.5 Å². The Balaban J connectivity index is 1.69. The molecule has 0 aliphatic carbocycles. The van der Waals surface area contributed by atoms with Crippen molar-refractivity contribution in [2.75, 3.05) is 5.32 Å². The highest BCUT2D eigenvalue weighted by Gasteiger charge is 2.22. The van der Waals surface area contributed by atoms with E-state index in [4.69, 9.17) is 0 Å². The molecule has 0 spiro atoms. The van der Waals surface area contributed by atoms with Gasteiger partial charge < -0.3 is 0 Å². The number of fused-ring (bicyclic) bond motifs is 1. The van der Waals surface area contributed by atoms with Crippen molar-refractivity contribution >= 4 is 32.6 Å². The van der Waals surface area contributed by atoms with Gasteiger partial charge in [0, 0.05) is 6.07 Å². The van der Waals surface area contributed by atoms with Crippen molar-refractivity contribution in [3.05, 3.63) is 70.5 Å². The molecule has 4 aromatic rings. The van der Waals surface area contributed by atoms with Crippen LogP contribution in [-0.2, 0) is 0 Å². The number of carbonyl (C=O) groups excluding carboxylic acids is 1. The Bertz CT molecular complexity index is 1230. The van der Waals surface area contributed by atoms with Gasteiger partial charge in [0.05, 0.1) is 27.2 Å². The van der Waals surface area contributed by atoms with Crippen LogP contribution in [0.25, 0.3) is 15.9 Å². The normalized spacial score (nSPS) is 11.2. The number of thiazole rings is 1. The number of amides is 1. The second-order valence-corrected chi connectivity index (χ2v) is 7.48. The molecule has 0 bridgehead atoms. The average Bonchev–Trinajstić information content (AvgIpc) is 3.16. The molecule has 0 radical (unpaired) electrons. The summed E-state index contributed by atoms with van der Waals surface area (Å²) < 4.78 is 29.6. The summed E-state index contributed by atoms with van der Waals surface area (Å²) in [5, 5.41) is 7.55. The van der Waals surface area contributed by atoms with E-state index >= 15 is 0 Å². The molecule has 0 atom stereocenters. The van der Waals surface area contributed by atoms with Crippen LogP contribution in [0.2, 0.25) is 0 Å². The van der Waals surface area contributed by atoms with Crippen LogP contribution < -0.4 is 5.32 Å². The lowest BCUT2D eigenvalue weighted by Crippen LogP contribution is -2.14. The summed E-state index contributed by atoms with van der Waals surface area (Å²) in [6.07, 6.45) is 0. The summed E-state index contributed by atoms with van der Waals surface area (Å²) in [5.41, 5.74) is 3.19. The number of hydrogen-bond acceptors (Lipinski definition) is 4. The third-order valence-electron chi connectivity index (χ3n) is 4.50. The van der Waals surface area contributed by atoms with Crippen LogP contribution in [0.4, 0.5) is 13.9 Å². The Morgan fingerprint density at radius 2 is 1.93 bits per heavy atom. The van der Waals surface area contributed by atoms with Crippen molar-refractivity contribution in [1.82, 2.24) is 14.8 Å². The molecular weight excluding hydrogens is 382 g/mol. The molecule has 2 aromatic carbocycles. The predicted molar refractivity (Wildman–Crippen MR) is 105 cm³/mol. The molecule has 4 rings (SSSR count). The molecule has 0 fully saturated rings. The first-order valence-electron chi connectivity index (χ1n) is 8.54. The fourth-order valence-electron chi connectivity index (χ4n) is 3.16. The van der Waals surface area contributed by atoms with Gasteiger partial charge in [0.2, 0.25) is 0 Å². The molecule has 0 aliphatic heterocycles. The molecule has 0 aliphatic rings. The van der Waals surface area contributed by atoms with E-state index in [1.165, 1.54) is 22.1 Å². The van der Waals surface area contributed by atoms with Crippen LogP contribution >= 0.6 is 11.3 Å². The minimum absolute atomic E-state index is 0.0802. The van der Waals surface area contributed by atoms with Gasteiger partial charge in [0.25, 0.3) is 5.91 Å². The number of aryl methyl sites for hydroxylation is 2. The number of halogens is 2. The number of anilines is 1. The summed E-state index contributed by atoms with van der Waals surface area (Å²) in [5.74, 6) is -1.80. The fourth-order valence-corrected chi connectivity index (χ4v) is 4.10. The van der Waals surface area contributed by atoms with E-state index in [1.54, 1.807) is 13.8 Å². The highest BCUT2D eigenvalue weighted by atomic mass is 32.1. The van der Waals surface area contributed by atoms with Gasteiger partial charge in [-0.3, -0.25) is 10.1 Å². The van der Waals surface area contributed by atoms with Crippen LogP contribution in [0, 0.1) is 32.4 Å². The minimum Gasteiger partial charge on any atom is -0.298 e. The maximum absolute atomic E-state index is 14.2. The summed E-state index contributed by atoms with van der Waals surface area (Å²) in [4.78, 5) is 17.3. The average molecular weight is 398 g/mol. The van der Waals surface area contributed by atoms with Gasteiger partial charge in [-0.05, 0) is 44.5 Å². The number of hydrogen-bond donors (Lipinski definition) is 1. The summed E-state index contributed by atoms with van der Waals surface area (Å²) in [6.45, 7) is 5.30. The van der Waals surface area contributed by atoms with Crippen LogP contribution in [0.15, 0.2) is 36.4 Å². The van der Waals surface area contributed by atoms with Crippen molar-refractivity contribution in [1.29, 1.82) is 0 Å². The lowest BCUT2D eigenvalue weighted by Gasteiger charge is -2.07. The molecule has 1 amide bonds. The van der Waals surface area contributed by atoms with Crippen molar-refractivity contribution in [3.8, 4) is 5.69 Å². The maximum Gasteiger partial charge on any atom is 0.261 e. The van der Waals surface area contributed by atoms with E-state index in [-0.39, 0.29) is 11.6 Å². The molecule has 0 saturated heterocycles. The zero-order valence-corrected chi connectivity index (χ0v) is 16.2. The van der Waals surface area contributed by atoms with Gasteiger partial charge in [0.15, 0.2) is 10.9 Å². The zero-order valence-electron chi connectivity index (χ0n) is 15.4. The SMILES string of the molecule is Cc1nn(-c2ccc(F)cc2F)c(C)c1C(=O)Nc1nc2c(C)cccc2s1. The van der Waals surface area contributed by atoms with Gasteiger partial charge >= 0.3 is 0 Å². The largest absolute Gasteiger partial charge is 0.298 e. The number of para-hydroxylation sites is 1. The Kier molecular flexibility index (Phi) is 4.43. The molecule has 2 aromatic heterocycles. The quantitative estimate of drug-likeness (QED) is 0.532. The minimum atomic E-state index is -0.751. The second-order valence-electron chi connectivity index (χ2n) is 6.45. The van der Waals surface area contributed by atoms with Gasteiger partial charge in [-0.2, -0.15) is 5.10 Å². The predicted octanol–water partition coefficient (Wildman–Crippen LogP) is 4.94. The highest BCUT2D eigenvalue weighted by molar-refractivity contribution is 7.22. The number of nitrogens with one attached hydrogen (secondary N) is 1. The van der Waals surface area contributed by atoms with Crippen LogP contribution in [0.1, 0.15) is 27.3 Å². The van der Waals surface area contributed by atoms with Crippen LogP contribution in [-0.4, -0.2) is 20.7 Å². The maximum atomic E-state index is 14.2. The highest BCUT2D eigenvalue weighted by Crippen LogP contribution is 2.29. The summed E-state index contributed by atoms with van der Waals surface area (Å²) >= 11 is 1.38. The van der Waals surface area contributed by atoms with Crippen LogP contribution in [0.3, 0.4) is 0 Å². The van der Waals surface area contributed by atoms with E-state index < -0.39 is 11.6 Å². The topological polar surface area (TPSA) is 59.8 Å². The lowest BCUT2D eigenvalue weighted by atomic mass is 10.2. The van der Waals surface area contributed by atoms with Gasteiger partial charge in [-0.15, -0.1) is 0 Å². The van der Waals surface area contributed by atoms with E-state index in [9.17, 15) is 13.6 Å². The number of rotatable bonds is 3. The monoisotopic (exact) mass is 398 g/mol. The Morgan fingerprint density at radius 1 is 1.14 bits per heavy atom. The van der Waals surface area contributed by atoms with Gasteiger partial charge in [-0.1, -0.05) is 23.5 Å². The molecule has 0 saturated carbocycles. The molecule has 1 N–H and O–H groups in total. The molecule has 2 heterocycles. The molecule has 5 nitrogen and oxygen atoms in total. The lowest BCUT2D eigenvalue weighted by molar-refractivity contribution is 0.102. The Morgan fingerprint density at radius 3 is 2.64 bits per heavy atom. The Labute approximate surface area is 163 Å². The Hall–Kier alpha value is -3.13. The molecule has 28 heavy (non-hydrogen) atoms. The smallest absolute Gasteiger partial charge is 0.261 e. The fraction of sp³-hybridized carbons (Fsp3) is 0.150. The van der Waals surface area contributed by atoms with E-state index in [0.717, 1.165) is 27.9 Å². The van der Waals surface area contributed by atoms with E-state index in [2.05, 4.69) is 15.4 Å². The van der Waals surface area contributed by atoms with Crippen molar-refractivity contribution in [2.24, 2.45) is 0 Å². The molecule has 8 heteroatoms. The van der Waals surface area contributed by atoms with Gasteiger partial charge in [-0.25, -0.2) is 18.4 Å². The summed E-state index contributed by atoms with van der Waals surface area (Å²) in [7, 11) is 0. The van der Waals surface area contributed by atoms with Crippen LogP contribution in [0.5, 0.6) is 0 Å². The standard InChI is InChI=1S/C20H16F2N4OS/c1-10-5-4-6-16-18(10)23-20(28-16)24-19(27)17-11(2)25-26(12(17)3)15-8-7-13(21)9-14(15)22/h4-9H,1-3H3,(H,23,24,27). The third-order valence-corrected chi connectivity index (χ3v) is 5.43. The van der Waals surface area contributed by atoms with Crippen molar-refractivity contribution < 1.29 is 13.6 Å². The number of aromatic nitrogens is 3. The van der Waals surface area contributed by atoms with E-state index in [1.807, 2.05) is 25.1 Å². The molecular formula is C20H16F2N4OS. The third kappa shape index (κ3) is 3.05. The number of carbonyl (C=O) groups is 1. The van der Waals surface area contributed by atoms with Crippen molar-refractivity contribution in [2.45, 2.75) is 20.8 Å². The second kappa shape index (κ2) is 6.79. The first kappa shape index (κ1) is 18.2. The first-order valence-corrected chi connectivity index (χ1v) is 9.36. The number of benzene rings is 2. The first-order chi connectivity index (χ1) is 13.3. The number of nitrogens with zero attached hydrogens (tertiary/aromatic N) is 3. The van der Waals surface area contributed by atoms with Crippen molar-refractivity contribution in [3.63, 3.8) is 0 Å². The zero-order chi connectivity index (χ0) is 20.0.